The molecule has 32 heavy (non-hydrogen) atoms. The van der Waals surface area contributed by atoms with Crippen LogP contribution < -0.4 is 9.47 Å². The van der Waals surface area contributed by atoms with E-state index in [-0.39, 0.29) is 24.7 Å². The molecule has 0 radical (unpaired) electrons. The molecule has 0 spiro atoms. The van der Waals surface area contributed by atoms with Gasteiger partial charge in [0, 0.05) is 0 Å². The molecule has 0 saturated heterocycles. The standard InChI is InChI=1S/C28H34F2O2/c1-3-5-19-6-11-24-17-23(13-12-22(24)16-19)21-9-7-20(8-10-21)18-32-26-15-14-25(31-4-2)27(29)28(26)30/h3,5,7-10,14-15,19,22-24H,4,6,11-13,16-18H2,1-2H3/b5-3+. The smallest absolute Gasteiger partial charge is 0.204 e. The van der Waals surface area contributed by atoms with E-state index in [1.54, 1.807) is 6.92 Å². The van der Waals surface area contributed by atoms with E-state index in [0.717, 1.165) is 23.3 Å². The van der Waals surface area contributed by atoms with Crippen molar-refractivity contribution in [2.24, 2.45) is 17.8 Å². The highest BCUT2D eigenvalue weighted by Gasteiger charge is 2.35. The predicted molar refractivity (Wildman–Crippen MR) is 124 cm³/mol. The first-order chi connectivity index (χ1) is 15.6. The molecule has 0 amide bonds. The van der Waals surface area contributed by atoms with Crippen molar-refractivity contribution in [1.82, 2.24) is 0 Å². The van der Waals surface area contributed by atoms with Crippen LogP contribution in [0, 0.1) is 29.4 Å². The average Bonchev–Trinajstić information content (AvgIpc) is 2.82. The summed E-state index contributed by atoms with van der Waals surface area (Å²) in [6.07, 6.45) is 12.5. The zero-order chi connectivity index (χ0) is 22.5. The summed E-state index contributed by atoms with van der Waals surface area (Å²) in [6, 6.07) is 11.3. The van der Waals surface area contributed by atoms with E-state index in [1.165, 1.54) is 56.2 Å². The molecule has 4 heteroatoms. The third-order valence-corrected chi connectivity index (χ3v) is 7.27. The van der Waals surface area contributed by atoms with Gasteiger partial charge in [-0.25, -0.2) is 0 Å². The second-order valence-corrected chi connectivity index (χ2v) is 9.28. The molecule has 2 saturated carbocycles. The van der Waals surface area contributed by atoms with Crippen molar-refractivity contribution in [3.05, 3.63) is 71.3 Å². The Labute approximate surface area is 190 Å². The minimum Gasteiger partial charge on any atom is -0.491 e. The van der Waals surface area contributed by atoms with Crippen molar-refractivity contribution in [1.29, 1.82) is 0 Å². The molecule has 2 aliphatic carbocycles. The van der Waals surface area contributed by atoms with Gasteiger partial charge in [-0.15, -0.1) is 0 Å². The second-order valence-electron chi connectivity index (χ2n) is 9.28. The van der Waals surface area contributed by atoms with E-state index in [1.807, 2.05) is 12.1 Å². The Morgan fingerprint density at radius 2 is 1.50 bits per heavy atom. The maximum absolute atomic E-state index is 14.2. The fourth-order valence-electron chi connectivity index (χ4n) is 5.61. The molecular weight excluding hydrogens is 406 g/mol. The van der Waals surface area contributed by atoms with Gasteiger partial charge in [-0.2, -0.15) is 8.78 Å². The largest absolute Gasteiger partial charge is 0.491 e. The first kappa shape index (κ1) is 22.8. The van der Waals surface area contributed by atoms with E-state index in [2.05, 4.69) is 31.2 Å². The number of benzene rings is 2. The van der Waals surface area contributed by atoms with Crippen LogP contribution in [-0.2, 0) is 6.61 Å². The first-order valence-electron chi connectivity index (χ1n) is 12.0. The molecule has 0 aromatic heterocycles. The molecular formula is C28H34F2O2. The van der Waals surface area contributed by atoms with E-state index in [4.69, 9.17) is 9.47 Å². The summed E-state index contributed by atoms with van der Waals surface area (Å²) in [5.41, 5.74) is 2.34. The lowest BCUT2D eigenvalue weighted by atomic mass is 9.64. The lowest BCUT2D eigenvalue weighted by Gasteiger charge is -2.41. The van der Waals surface area contributed by atoms with Crippen molar-refractivity contribution in [2.75, 3.05) is 6.61 Å². The summed E-state index contributed by atoms with van der Waals surface area (Å²) in [6.45, 7) is 4.34. The molecule has 0 bridgehead atoms. The van der Waals surface area contributed by atoms with Crippen LogP contribution in [0.15, 0.2) is 48.6 Å². The van der Waals surface area contributed by atoms with Gasteiger partial charge in [0.25, 0.3) is 0 Å². The van der Waals surface area contributed by atoms with Gasteiger partial charge in [-0.05, 0) is 99.3 Å². The number of fused-ring (bicyclic) bond motifs is 1. The highest BCUT2D eigenvalue weighted by Crippen LogP contribution is 2.47. The van der Waals surface area contributed by atoms with E-state index >= 15 is 0 Å². The molecule has 2 aromatic carbocycles. The topological polar surface area (TPSA) is 18.5 Å². The van der Waals surface area contributed by atoms with Gasteiger partial charge in [0.2, 0.25) is 11.6 Å². The molecule has 2 aliphatic rings. The van der Waals surface area contributed by atoms with E-state index in [0.29, 0.717) is 5.92 Å². The fraction of sp³-hybridized carbons (Fsp3) is 0.500. The normalized spacial score (nSPS) is 25.5. The molecule has 2 fully saturated rings. The van der Waals surface area contributed by atoms with Crippen LogP contribution in [0.1, 0.15) is 69.4 Å². The van der Waals surface area contributed by atoms with Crippen molar-refractivity contribution < 1.29 is 18.3 Å². The molecule has 0 aliphatic heterocycles. The second kappa shape index (κ2) is 10.5. The summed E-state index contributed by atoms with van der Waals surface area (Å²) in [5, 5.41) is 0. The third kappa shape index (κ3) is 5.16. The molecule has 0 heterocycles. The summed E-state index contributed by atoms with van der Waals surface area (Å²) in [5.74, 6) is 0.958. The molecule has 2 nitrogen and oxygen atoms in total. The molecule has 172 valence electrons. The summed E-state index contributed by atoms with van der Waals surface area (Å²) in [4.78, 5) is 0. The van der Waals surface area contributed by atoms with Gasteiger partial charge in [-0.3, -0.25) is 0 Å². The highest BCUT2D eigenvalue weighted by atomic mass is 19.2. The molecule has 0 N–H and O–H groups in total. The van der Waals surface area contributed by atoms with Crippen molar-refractivity contribution >= 4 is 0 Å². The number of hydrogen-bond donors (Lipinski definition) is 0. The van der Waals surface area contributed by atoms with E-state index < -0.39 is 11.6 Å². The van der Waals surface area contributed by atoms with Crippen LogP contribution in [0.5, 0.6) is 11.5 Å². The molecule has 4 unspecified atom stereocenters. The van der Waals surface area contributed by atoms with Crippen LogP contribution >= 0.6 is 0 Å². The number of allylic oxidation sites excluding steroid dienone is 2. The van der Waals surface area contributed by atoms with Crippen LogP contribution in [-0.4, -0.2) is 6.61 Å². The minimum absolute atomic E-state index is 0.0910. The maximum atomic E-state index is 14.2. The van der Waals surface area contributed by atoms with Crippen LogP contribution in [0.2, 0.25) is 0 Å². The lowest BCUT2D eigenvalue weighted by molar-refractivity contribution is 0.133. The Kier molecular flexibility index (Phi) is 7.49. The molecule has 4 atom stereocenters. The number of rotatable bonds is 7. The van der Waals surface area contributed by atoms with Crippen molar-refractivity contribution in [3.8, 4) is 11.5 Å². The Morgan fingerprint density at radius 1 is 0.844 bits per heavy atom. The SMILES string of the molecule is C/C=C/C1CCC2CC(c3ccc(COc4ccc(OCC)c(F)c4F)cc3)CCC2C1. The summed E-state index contributed by atoms with van der Waals surface area (Å²) >= 11 is 0. The third-order valence-electron chi connectivity index (χ3n) is 7.27. The van der Waals surface area contributed by atoms with Gasteiger partial charge in [0.05, 0.1) is 6.61 Å². The van der Waals surface area contributed by atoms with Crippen LogP contribution in [0.3, 0.4) is 0 Å². The molecule has 2 aromatic rings. The lowest BCUT2D eigenvalue weighted by Crippen LogP contribution is -2.30. The van der Waals surface area contributed by atoms with E-state index in [9.17, 15) is 8.78 Å². The fourth-order valence-corrected chi connectivity index (χ4v) is 5.61. The van der Waals surface area contributed by atoms with Crippen LogP contribution in [0.4, 0.5) is 8.78 Å². The zero-order valence-electron chi connectivity index (χ0n) is 19.2. The van der Waals surface area contributed by atoms with Gasteiger partial charge in [-0.1, -0.05) is 36.4 Å². The summed E-state index contributed by atoms with van der Waals surface area (Å²) in [7, 11) is 0. The van der Waals surface area contributed by atoms with Gasteiger partial charge in [0.1, 0.15) is 6.61 Å². The van der Waals surface area contributed by atoms with Crippen molar-refractivity contribution in [2.45, 2.75) is 64.9 Å². The Morgan fingerprint density at radius 3 is 2.19 bits per heavy atom. The number of hydrogen-bond acceptors (Lipinski definition) is 2. The predicted octanol–water partition coefficient (Wildman–Crippen LogP) is 7.82. The minimum atomic E-state index is -1.01. The number of ether oxygens (including phenoxy) is 2. The highest BCUT2D eigenvalue weighted by molar-refractivity contribution is 5.35. The van der Waals surface area contributed by atoms with Crippen LogP contribution in [0.25, 0.3) is 0 Å². The van der Waals surface area contributed by atoms with Gasteiger partial charge in [0.15, 0.2) is 11.5 Å². The van der Waals surface area contributed by atoms with Gasteiger partial charge >= 0.3 is 0 Å². The Hall–Kier alpha value is -2.36. The maximum Gasteiger partial charge on any atom is 0.204 e. The average molecular weight is 441 g/mol. The summed E-state index contributed by atoms with van der Waals surface area (Å²) < 4.78 is 38.9. The van der Waals surface area contributed by atoms with Crippen molar-refractivity contribution in [3.63, 3.8) is 0 Å². The molecule has 4 rings (SSSR count). The monoisotopic (exact) mass is 440 g/mol. The Balaban J connectivity index is 1.33. The quantitative estimate of drug-likeness (QED) is 0.409. The number of halogens is 2. The Bertz CT molecular complexity index is 922. The zero-order valence-corrected chi connectivity index (χ0v) is 19.2. The first-order valence-corrected chi connectivity index (χ1v) is 12.0. The van der Waals surface area contributed by atoms with Gasteiger partial charge < -0.3 is 9.47 Å².